The van der Waals surface area contributed by atoms with Crippen molar-refractivity contribution in [1.82, 2.24) is 10.7 Å². The zero-order chi connectivity index (χ0) is 15.8. The topological polar surface area (TPSA) is 70.6 Å². The fraction of sp³-hybridized carbons (Fsp3) is 0.438. The Bertz CT molecular complexity index is 505. The van der Waals surface area contributed by atoms with Gasteiger partial charge in [0.25, 0.3) is 0 Å². The Morgan fingerprint density at radius 2 is 1.71 bits per heavy atom. The maximum absolute atomic E-state index is 11.5. The molecule has 0 atom stereocenters. The van der Waals surface area contributed by atoms with Crippen LogP contribution in [0.4, 0.5) is 0 Å². The summed E-state index contributed by atoms with van der Waals surface area (Å²) in [5, 5.41) is 6.49. The molecule has 5 heteroatoms. The van der Waals surface area contributed by atoms with Gasteiger partial charge in [-0.3, -0.25) is 9.59 Å². The lowest BCUT2D eigenvalue weighted by Crippen LogP contribution is -2.34. The smallest absolute Gasteiger partial charge is 0.249 e. The average molecular weight is 289 g/mol. The molecule has 0 spiro atoms. The van der Waals surface area contributed by atoms with Gasteiger partial charge in [-0.25, -0.2) is 5.43 Å². The summed E-state index contributed by atoms with van der Waals surface area (Å²) in [5.41, 5.74) is 4.49. The van der Waals surface area contributed by atoms with Gasteiger partial charge in [0.05, 0.1) is 6.21 Å². The van der Waals surface area contributed by atoms with Crippen molar-refractivity contribution in [1.29, 1.82) is 0 Å². The summed E-state index contributed by atoms with van der Waals surface area (Å²) < 4.78 is 0. The second kappa shape index (κ2) is 8.19. The number of hydrogen-bond donors (Lipinski definition) is 2. The van der Waals surface area contributed by atoms with Gasteiger partial charge in [0, 0.05) is 6.04 Å². The maximum atomic E-state index is 11.5. The molecular weight excluding hydrogens is 266 g/mol. The molecule has 21 heavy (non-hydrogen) atoms. The molecule has 0 aromatic heterocycles. The van der Waals surface area contributed by atoms with E-state index in [4.69, 9.17) is 0 Å². The number of rotatable bonds is 6. The fourth-order valence-electron chi connectivity index (χ4n) is 1.70. The molecule has 0 radical (unpaired) electrons. The second-order valence-corrected chi connectivity index (χ2v) is 5.51. The van der Waals surface area contributed by atoms with E-state index in [9.17, 15) is 9.59 Å². The summed E-state index contributed by atoms with van der Waals surface area (Å²) >= 11 is 0. The molecule has 114 valence electrons. The molecule has 0 fully saturated rings. The highest BCUT2D eigenvalue weighted by Gasteiger charge is 2.09. The Hall–Kier alpha value is -2.17. The number of nitrogens with zero attached hydrogens (tertiary/aromatic N) is 1. The van der Waals surface area contributed by atoms with Crippen LogP contribution >= 0.6 is 0 Å². The van der Waals surface area contributed by atoms with Crippen LogP contribution in [0.1, 0.15) is 51.2 Å². The van der Waals surface area contributed by atoms with Crippen LogP contribution < -0.4 is 10.7 Å². The predicted molar refractivity (Wildman–Crippen MR) is 84.2 cm³/mol. The van der Waals surface area contributed by atoms with Gasteiger partial charge in [-0.05, 0) is 30.9 Å². The molecular formula is C16H23N3O2. The van der Waals surface area contributed by atoms with Gasteiger partial charge in [0.15, 0.2) is 0 Å². The third kappa shape index (κ3) is 6.70. The number of amides is 2. The highest BCUT2D eigenvalue weighted by Crippen LogP contribution is 2.13. The summed E-state index contributed by atoms with van der Waals surface area (Å²) in [6.45, 7) is 7.95. The molecule has 1 aromatic rings. The van der Waals surface area contributed by atoms with Gasteiger partial charge >= 0.3 is 0 Å². The zero-order valence-electron chi connectivity index (χ0n) is 13.0. The maximum Gasteiger partial charge on any atom is 0.249 e. The SMILES string of the molecule is CC(C)NC(=O)CC(=O)N/N=C\c1ccc(C(C)C)cc1. The lowest BCUT2D eigenvalue weighted by molar-refractivity contribution is -0.129. The van der Waals surface area contributed by atoms with Crippen LogP contribution in [-0.4, -0.2) is 24.1 Å². The van der Waals surface area contributed by atoms with Crippen molar-refractivity contribution in [3.05, 3.63) is 35.4 Å². The summed E-state index contributed by atoms with van der Waals surface area (Å²) in [7, 11) is 0. The summed E-state index contributed by atoms with van der Waals surface area (Å²) in [5.74, 6) is -0.252. The van der Waals surface area contributed by atoms with E-state index in [1.807, 2.05) is 38.1 Å². The van der Waals surface area contributed by atoms with Gasteiger partial charge in [-0.15, -0.1) is 0 Å². The van der Waals surface area contributed by atoms with Gasteiger partial charge in [0.1, 0.15) is 6.42 Å². The number of hydrazone groups is 1. The van der Waals surface area contributed by atoms with Crippen LogP contribution in [0.15, 0.2) is 29.4 Å². The van der Waals surface area contributed by atoms with Gasteiger partial charge in [-0.1, -0.05) is 38.1 Å². The number of nitrogens with one attached hydrogen (secondary N) is 2. The van der Waals surface area contributed by atoms with Crippen molar-refractivity contribution in [3.8, 4) is 0 Å². The third-order valence-corrected chi connectivity index (χ3v) is 2.78. The van der Waals surface area contributed by atoms with E-state index in [1.54, 1.807) is 6.21 Å². The number of carbonyl (C=O) groups is 2. The van der Waals surface area contributed by atoms with E-state index in [0.29, 0.717) is 5.92 Å². The molecule has 5 nitrogen and oxygen atoms in total. The molecule has 1 aromatic carbocycles. The molecule has 0 saturated heterocycles. The summed E-state index contributed by atoms with van der Waals surface area (Å²) in [6, 6.07) is 7.97. The quantitative estimate of drug-likeness (QED) is 0.479. The number of carbonyl (C=O) groups excluding carboxylic acids is 2. The normalized spacial score (nSPS) is 11.1. The predicted octanol–water partition coefficient (Wildman–Crippen LogP) is 2.17. The highest BCUT2D eigenvalue weighted by atomic mass is 16.2. The van der Waals surface area contributed by atoms with E-state index >= 15 is 0 Å². The van der Waals surface area contributed by atoms with E-state index in [1.165, 1.54) is 5.56 Å². The van der Waals surface area contributed by atoms with Crippen LogP contribution in [0.2, 0.25) is 0 Å². The van der Waals surface area contributed by atoms with Gasteiger partial charge < -0.3 is 5.32 Å². The van der Waals surface area contributed by atoms with Crippen molar-refractivity contribution in [3.63, 3.8) is 0 Å². The van der Waals surface area contributed by atoms with Crippen LogP contribution in [0.5, 0.6) is 0 Å². The second-order valence-electron chi connectivity index (χ2n) is 5.51. The number of hydrogen-bond acceptors (Lipinski definition) is 3. The Morgan fingerprint density at radius 1 is 1.10 bits per heavy atom. The van der Waals surface area contributed by atoms with Gasteiger partial charge in [0.2, 0.25) is 11.8 Å². The van der Waals surface area contributed by atoms with Crippen molar-refractivity contribution >= 4 is 18.0 Å². The molecule has 0 aliphatic heterocycles. The first kappa shape index (κ1) is 16.9. The fourth-order valence-corrected chi connectivity index (χ4v) is 1.70. The first-order valence-electron chi connectivity index (χ1n) is 7.09. The monoisotopic (exact) mass is 289 g/mol. The average Bonchev–Trinajstić information content (AvgIpc) is 2.38. The number of benzene rings is 1. The van der Waals surface area contributed by atoms with Crippen LogP contribution in [0, 0.1) is 0 Å². The molecule has 0 aliphatic carbocycles. The van der Waals surface area contributed by atoms with Gasteiger partial charge in [-0.2, -0.15) is 5.10 Å². The Balaban J connectivity index is 2.43. The summed E-state index contributed by atoms with van der Waals surface area (Å²) in [4.78, 5) is 22.9. The molecule has 0 heterocycles. The van der Waals surface area contributed by atoms with E-state index < -0.39 is 5.91 Å². The Labute approximate surface area is 125 Å². The molecule has 0 aliphatic rings. The first-order chi connectivity index (χ1) is 9.88. The minimum Gasteiger partial charge on any atom is -0.353 e. The molecule has 2 amide bonds. The first-order valence-corrected chi connectivity index (χ1v) is 7.09. The van der Waals surface area contributed by atoms with E-state index in [0.717, 1.165) is 5.56 Å². The van der Waals surface area contributed by atoms with Crippen LogP contribution in [0.25, 0.3) is 0 Å². The molecule has 0 saturated carbocycles. The van der Waals surface area contributed by atoms with Crippen LogP contribution in [0.3, 0.4) is 0 Å². The van der Waals surface area contributed by atoms with Crippen LogP contribution in [-0.2, 0) is 9.59 Å². The molecule has 0 bridgehead atoms. The lowest BCUT2D eigenvalue weighted by atomic mass is 10.0. The summed E-state index contributed by atoms with van der Waals surface area (Å²) in [6.07, 6.45) is 1.34. The Kier molecular flexibility index (Phi) is 6.59. The van der Waals surface area contributed by atoms with Crippen molar-refractivity contribution < 1.29 is 9.59 Å². The van der Waals surface area contributed by atoms with Crippen molar-refractivity contribution in [2.24, 2.45) is 5.10 Å². The highest BCUT2D eigenvalue weighted by molar-refractivity contribution is 5.97. The minimum absolute atomic E-state index is 0.0215. The van der Waals surface area contributed by atoms with E-state index in [-0.39, 0.29) is 18.4 Å². The standard InChI is InChI=1S/C16H23N3O2/c1-11(2)14-7-5-13(6-8-14)10-17-19-16(21)9-15(20)18-12(3)4/h5-8,10-12H,9H2,1-4H3,(H,18,20)(H,19,21)/b17-10-. The van der Waals surface area contributed by atoms with E-state index in [2.05, 4.69) is 29.7 Å². The van der Waals surface area contributed by atoms with Crippen molar-refractivity contribution in [2.75, 3.05) is 0 Å². The molecule has 0 unspecified atom stereocenters. The van der Waals surface area contributed by atoms with Crippen molar-refractivity contribution in [2.45, 2.75) is 46.1 Å². The zero-order valence-corrected chi connectivity index (χ0v) is 13.0. The largest absolute Gasteiger partial charge is 0.353 e. The molecule has 1 rings (SSSR count). The minimum atomic E-state index is -0.428. The molecule has 2 N–H and O–H groups in total. The third-order valence-electron chi connectivity index (χ3n) is 2.78. The Morgan fingerprint density at radius 3 is 2.24 bits per heavy atom. The lowest BCUT2D eigenvalue weighted by Gasteiger charge is -2.07.